The minimum absolute atomic E-state index is 0.0593. The van der Waals surface area contributed by atoms with Crippen LogP contribution in [0.15, 0.2) is 65.9 Å². The average molecular weight is 430 g/mol. The van der Waals surface area contributed by atoms with Crippen LogP contribution in [0.5, 0.6) is 0 Å². The quantitative estimate of drug-likeness (QED) is 0.598. The van der Waals surface area contributed by atoms with Gasteiger partial charge in [-0.05, 0) is 36.8 Å². The fourth-order valence-corrected chi connectivity index (χ4v) is 4.05. The highest BCUT2D eigenvalue weighted by molar-refractivity contribution is 5.96. The number of ether oxygens (including phenoxy) is 1. The molecule has 1 amide bonds. The molecule has 2 aromatic rings. The van der Waals surface area contributed by atoms with E-state index in [2.05, 4.69) is 22.1 Å². The molecule has 0 fully saturated rings. The summed E-state index contributed by atoms with van der Waals surface area (Å²) in [6, 6.07) is 17.0. The van der Waals surface area contributed by atoms with Gasteiger partial charge in [0, 0.05) is 30.8 Å². The average Bonchev–Trinajstić information content (AvgIpc) is 2.84. The summed E-state index contributed by atoms with van der Waals surface area (Å²) >= 11 is 0. The number of amides is 1. The van der Waals surface area contributed by atoms with Crippen LogP contribution in [0.2, 0.25) is 0 Å². The zero-order valence-corrected chi connectivity index (χ0v) is 18.4. The molecule has 1 unspecified atom stereocenters. The van der Waals surface area contributed by atoms with Crippen LogP contribution in [0, 0.1) is 11.8 Å². The maximum Gasteiger partial charge on any atom is 0.337 e. The summed E-state index contributed by atoms with van der Waals surface area (Å²) in [5.41, 5.74) is 4.33. The fourth-order valence-electron chi connectivity index (χ4n) is 4.05. The minimum atomic E-state index is -0.368. The zero-order valence-electron chi connectivity index (χ0n) is 18.4. The molecule has 164 valence electrons. The maximum absolute atomic E-state index is 13.3. The molecule has 1 N–H and O–H groups in total. The second-order valence-corrected chi connectivity index (χ2v) is 7.98. The first kappa shape index (κ1) is 21.7. The highest BCUT2D eigenvalue weighted by atomic mass is 16.5. The Labute approximate surface area is 188 Å². The van der Waals surface area contributed by atoms with Gasteiger partial charge in [-0.3, -0.25) is 9.69 Å². The van der Waals surface area contributed by atoms with Gasteiger partial charge in [-0.25, -0.2) is 4.79 Å². The molecule has 4 rings (SSSR count). The van der Waals surface area contributed by atoms with E-state index in [-0.39, 0.29) is 17.9 Å². The van der Waals surface area contributed by atoms with Gasteiger partial charge in [0.1, 0.15) is 0 Å². The number of benzene rings is 2. The third kappa shape index (κ3) is 4.68. The lowest BCUT2D eigenvalue weighted by molar-refractivity contribution is -0.131. The Morgan fingerprint density at radius 3 is 2.62 bits per heavy atom. The van der Waals surface area contributed by atoms with E-state index in [1.807, 2.05) is 54.3 Å². The van der Waals surface area contributed by atoms with Crippen LogP contribution in [0.25, 0.3) is 0 Å². The largest absolute Gasteiger partial charge is 0.465 e. The molecule has 0 spiro atoms. The summed E-state index contributed by atoms with van der Waals surface area (Å²) in [7, 11) is 1.36. The fraction of sp³-hybridized carbons (Fsp3) is 0.308. The number of carbonyl (C=O) groups excluding carboxylic acids is 2. The molecule has 6 heteroatoms. The zero-order chi connectivity index (χ0) is 22.5. The van der Waals surface area contributed by atoms with Gasteiger partial charge in [0.05, 0.1) is 37.5 Å². The van der Waals surface area contributed by atoms with Gasteiger partial charge in [-0.1, -0.05) is 42.2 Å². The standard InChI is InChI=1S/C26H27N3O3/c1-19(21-10-12-22(13-11-21)26(31)32-2)29-18-27-24-14-16-28(17-23(24)25(29)30)15-6-9-20-7-4-3-5-8-20/h3-5,7-8,10-13,19,27H,14-18H2,1-2H3. The molecule has 2 aliphatic rings. The Balaban J connectivity index is 1.42. The van der Waals surface area contributed by atoms with Crippen molar-refractivity contribution >= 4 is 11.9 Å². The van der Waals surface area contributed by atoms with Gasteiger partial charge >= 0.3 is 5.97 Å². The van der Waals surface area contributed by atoms with Crippen molar-refractivity contribution in [3.8, 4) is 11.8 Å². The summed E-state index contributed by atoms with van der Waals surface area (Å²) in [6.45, 7) is 4.58. The van der Waals surface area contributed by atoms with E-state index in [1.165, 1.54) is 7.11 Å². The van der Waals surface area contributed by atoms with Crippen molar-refractivity contribution < 1.29 is 14.3 Å². The minimum Gasteiger partial charge on any atom is -0.465 e. The number of hydrogen-bond donors (Lipinski definition) is 1. The Hall–Kier alpha value is -3.56. The molecule has 1 atom stereocenters. The Morgan fingerprint density at radius 2 is 1.91 bits per heavy atom. The SMILES string of the molecule is COC(=O)c1ccc(C(C)N2CNC3=C(CN(CC#Cc4ccccc4)CC3)C2=O)cc1. The third-order valence-electron chi connectivity index (χ3n) is 6.00. The number of nitrogens with zero attached hydrogens (tertiary/aromatic N) is 2. The Kier molecular flexibility index (Phi) is 6.58. The first-order valence-corrected chi connectivity index (χ1v) is 10.8. The number of methoxy groups -OCH3 is 1. The van der Waals surface area contributed by atoms with Gasteiger partial charge in [0.15, 0.2) is 0 Å². The van der Waals surface area contributed by atoms with E-state index in [9.17, 15) is 9.59 Å². The van der Waals surface area contributed by atoms with Gasteiger partial charge in [-0.2, -0.15) is 0 Å². The Bertz CT molecular complexity index is 1080. The molecule has 0 aliphatic carbocycles. The molecule has 0 bridgehead atoms. The maximum atomic E-state index is 13.3. The smallest absolute Gasteiger partial charge is 0.337 e. The van der Waals surface area contributed by atoms with Gasteiger partial charge in [-0.15, -0.1) is 0 Å². The molecule has 2 aromatic carbocycles. The van der Waals surface area contributed by atoms with Crippen molar-refractivity contribution in [3.63, 3.8) is 0 Å². The molecule has 0 saturated carbocycles. The number of rotatable bonds is 4. The first-order chi connectivity index (χ1) is 15.6. The summed E-state index contributed by atoms with van der Waals surface area (Å²) in [6.07, 6.45) is 0.824. The molecular formula is C26H27N3O3. The molecular weight excluding hydrogens is 402 g/mol. The summed E-state index contributed by atoms with van der Waals surface area (Å²) in [5, 5.41) is 3.44. The predicted octanol–water partition coefficient (Wildman–Crippen LogP) is 2.94. The van der Waals surface area contributed by atoms with Crippen LogP contribution in [0.4, 0.5) is 0 Å². The molecule has 0 aromatic heterocycles. The highest BCUT2D eigenvalue weighted by Gasteiger charge is 2.33. The van der Waals surface area contributed by atoms with Crippen LogP contribution >= 0.6 is 0 Å². The van der Waals surface area contributed by atoms with Gasteiger partial charge < -0.3 is 15.0 Å². The lowest BCUT2D eigenvalue weighted by atomic mass is 9.99. The van der Waals surface area contributed by atoms with Crippen LogP contribution in [-0.2, 0) is 9.53 Å². The highest BCUT2D eigenvalue weighted by Crippen LogP contribution is 2.28. The van der Waals surface area contributed by atoms with Gasteiger partial charge in [0.25, 0.3) is 5.91 Å². The number of carbonyl (C=O) groups is 2. The van der Waals surface area contributed by atoms with Crippen molar-refractivity contribution in [2.24, 2.45) is 0 Å². The third-order valence-corrected chi connectivity index (χ3v) is 6.00. The van der Waals surface area contributed by atoms with E-state index in [1.54, 1.807) is 12.1 Å². The van der Waals surface area contributed by atoms with E-state index in [4.69, 9.17) is 4.74 Å². The molecule has 2 heterocycles. The van der Waals surface area contributed by atoms with Crippen LogP contribution < -0.4 is 5.32 Å². The number of esters is 1. The lowest BCUT2D eigenvalue weighted by Crippen LogP contribution is -2.50. The molecule has 0 saturated heterocycles. The molecule has 2 aliphatic heterocycles. The normalized spacial score (nSPS) is 17.1. The second-order valence-electron chi connectivity index (χ2n) is 7.98. The predicted molar refractivity (Wildman–Crippen MR) is 122 cm³/mol. The summed E-state index contributed by atoms with van der Waals surface area (Å²) in [5.74, 6) is 6.11. The van der Waals surface area contributed by atoms with Crippen LogP contribution in [0.1, 0.15) is 40.9 Å². The molecule has 6 nitrogen and oxygen atoms in total. The van der Waals surface area contributed by atoms with Gasteiger partial charge in [0.2, 0.25) is 0 Å². The monoisotopic (exact) mass is 429 g/mol. The molecule has 0 radical (unpaired) electrons. The number of nitrogens with one attached hydrogen (secondary N) is 1. The van der Waals surface area contributed by atoms with Crippen molar-refractivity contribution in [2.75, 3.05) is 33.4 Å². The van der Waals surface area contributed by atoms with E-state index in [0.29, 0.717) is 25.3 Å². The summed E-state index contributed by atoms with van der Waals surface area (Å²) < 4.78 is 4.76. The Morgan fingerprint density at radius 1 is 1.16 bits per heavy atom. The van der Waals surface area contributed by atoms with Crippen LogP contribution in [-0.4, -0.2) is 55.1 Å². The number of hydrogen-bond acceptors (Lipinski definition) is 5. The lowest BCUT2D eigenvalue weighted by Gasteiger charge is -2.39. The molecule has 32 heavy (non-hydrogen) atoms. The van der Waals surface area contributed by atoms with Crippen molar-refractivity contribution in [3.05, 3.63) is 82.6 Å². The van der Waals surface area contributed by atoms with Crippen LogP contribution in [0.3, 0.4) is 0 Å². The summed E-state index contributed by atoms with van der Waals surface area (Å²) in [4.78, 5) is 29.1. The van der Waals surface area contributed by atoms with Crippen molar-refractivity contribution in [2.45, 2.75) is 19.4 Å². The topological polar surface area (TPSA) is 61.9 Å². The van der Waals surface area contributed by atoms with E-state index in [0.717, 1.165) is 35.4 Å². The van der Waals surface area contributed by atoms with E-state index < -0.39 is 0 Å². The second kappa shape index (κ2) is 9.71. The first-order valence-electron chi connectivity index (χ1n) is 10.8. The van der Waals surface area contributed by atoms with Crippen molar-refractivity contribution in [1.29, 1.82) is 0 Å². The van der Waals surface area contributed by atoms with Crippen molar-refractivity contribution in [1.82, 2.24) is 15.1 Å². The van der Waals surface area contributed by atoms with E-state index >= 15 is 0 Å².